The number of aromatic nitrogens is 1. The van der Waals surface area contributed by atoms with Gasteiger partial charge in [-0.15, -0.1) is 0 Å². The van der Waals surface area contributed by atoms with E-state index in [-0.39, 0.29) is 11.6 Å². The molecule has 0 bridgehead atoms. The van der Waals surface area contributed by atoms with Crippen molar-refractivity contribution in [3.8, 4) is 0 Å². The Morgan fingerprint density at radius 2 is 1.88 bits per heavy atom. The number of nitrogens with one attached hydrogen (secondary N) is 1. The molecule has 0 spiro atoms. The zero-order valence-corrected chi connectivity index (χ0v) is 10.2. The molecule has 0 aliphatic rings. The van der Waals surface area contributed by atoms with Crippen LogP contribution in [-0.2, 0) is 0 Å². The number of hydrogen-bond acceptors (Lipinski definition) is 2. The average Bonchev–Trinajstić information content (AvgIpc) is 2.29. The molecule has 0 radical (unpaired) electrons. The van der Waals surface area contributed by atoms with Gasteiger partial charge in [-0.3, -0.25) is 9.78 Å². The molecule has 5 heteroatoms. The van der Waals surface area contributed by atoms with Crippen molar-refractivity contribution in [3.63, 3.8) is 0 Å². The van der Waals surface area contributed by atoms with Crippen LogP contribution < -0.4 is 5.32 Å². The van der Waals surface area contributed by atoms with E-state index < -0.39 is 0 Å². The quantitative estimate of drug-likeness (QED) is 0.902. The molecule has 0 aliphatic heterocycles. The summed E-state index contributed by atoms with van der Waals surface area (Å²) in [6.07, 6.45) is 1.48. The Balaban J connectivity index is 2.17. The Morgan fingerprint density at radius 3 is 2.59 bits per heavy atom. The topological polar surface area (TPSA) is 42.0 Å². The minimum Gasteiger partial charge on any atom is -0.321 e. The minimum absolute atomic E-state index is 0.262. The number of nitrogens with zero attached hydrogens (tertiary/aromatic N) is 1. The van der Waals surface area contributed by atoms with Gasteiger partial charge in [0, 0.05) is 21.9 Å². The predicted octanol–water partition coefficient (Wildman–Crippen LogP) is 3.64. The summed E-state index contributed by atoms with van der Waals surface area (Å²) in [6.45, 7) is 0. The van der Waals surface area contributed by atoms with Gasteiger partial charge in [0.1, 0.15) is 5.69 Å². The van der Waals surface area contributed by atoms with E-state index in [2.05, 4.69) is 10.3 Å². The monoisotopic (exact) mass is 266 g/mol. The van der Waals surface area contributed by atoms with Gasteiger partial charge < -0.3 is 5.32 Å². The van der Waals surface area contributed by atoms with Gasteiger partial charge >= 0.3 is 0 Å². The van der Waals surface area contributed by atoms with Crippen LogP contribution in [0.25, 0.3) is 0 Å². The smallest absolute Gasteiger partial charge is 0.274 e. The van der Waals surface area contributed by atoms with Gasteiger partial charge in [-0.25, -0.2) is 0 Å². The van der Waals surface area contributed by atoms with Gasteiger partial charge in [0.2, 0.25) is 0 Å². The standard InChI is InChI=1S/C12H8Cl2N2O/c13-8-2-1-3-10(6-8)16-12(17)11-7-9(14)4-5-15-11/h1-7H,(H,16,17). The lowest BCUT2D eigenvalue weighted by atomic mass is 10.3. The molecule has 0 fully saturated rings. The van der Waals surface area contributed by atoms with Crippen molar-refractivity contribution in [3.05, 3.63) is 58.3 Å². The number of amides is 1. The highest BCUT2D eigenvalue weighted by molar-refractivity contribution is 6.31. The SMILES string of the molecule is O=C(Nc1cccc(Cl)c1)c1cc(Cl)ccn1. The lowest BCUT2D eigenvalue weighted by Crippen LogP contribution is -2.13. The fourth-order valence-corrected chi connectivity index (χ4v) is 1.64. The zero-order valence-electron chi connectivity index (χ0n) is 8.65. The first kappa shape index (κ1) is 11.9. The average molecular weight is 267 g/mol. The predicted molar refractivity (Wildman–Crippen MR) is 68.7 cm³/mol. The van der Waals surface area contributed by atoms with Gasteiger partial charge in [-0.05, 0) is 30.3 Å². The Morgan fingerprint density at radius 1 is 1.12 bits per heavy atom. The van der Waals surface area contributed by atoms with Gasteiger partial charge in [0.15, 0.2) is 0 Å². The molecule has 17 heavy (non-hydrogen) atoms. The molecular formula is C12H8Cl2N2O. The van der Waals surface area contributed by atoms with E-state index >= 15 is 0 Å². The van der Waals surface area contributed by atoms with Crippen LogP contribution in [0.3, 0.4) is 0 Å². The minimum atomic E-state index is -0.324. The number of carbonyl (C=O) groups is 1. The Hall–Kier alpha value is -1.58. The van der Waals surface area contributed by atoms with Gasteiger partial charge in [-0.1, -0.05) is 29.3 Å². The number of hydrogen-bond donors (Lipinski definition) is 1. The highest BCUT2D eigenvalue weighted by Gasteiger charge is 2.07. The van der Waals surface area contributed by atoms with Crippen molar-refractivity contribution < 1.29 is 4.79 Å². The third-order valence-electron chi connectivity index (χ3n) is 2.04. The van der Waals surface area contributed by atoms with E-state index in [0.29, 0.717) is 15.7 Å². The summed E-state index contributed by atoms with van der Waals surface area (Å²) in [5.41, 5.74) is 0.877. The fraction of sp³-hybridized carbons (Fsp3) is 0. The Bertz CT molecular complexity index is 558. The molecule has 0 unspecified atom stereocenters. The van der Waals surface area contributed by atoms with Crippen molar-refractivity contribution >= 4 is 34.8 Å². The number of pyridine rings is 1. The lowest BCUT2D eigenvalue weighted by Gasteiger charge is -2.04. The maximum absolute atomic E-state index is 11.8. The molecule has 1 amide bonds. The van der Waals surface area contributed by atoms with E-state index in [1.807, 2.05) is 0 Å². The van der Waals surface area contributed by atoms with Gasteiger partial charge in [0.25, 0.3) is 5.91 Å². The molecule has 3 nitrogen and oxygen atoms in total. The second-order valence-electron chi connectivity index (χ2n) is 3.32. The highest BCUT2D eigenvalue weighted by atomic mass is 35.5. The summed E-state index contributed by atoms with van der Waals surface area (Å²) in [5.74, 6) is -0.324. The van der Waals surface area contributed by atoms with E-state index in [1.165, 1.54) is 12.3 Å². The molecule has 0 atom stereocenters. The fourth-order valence-electron chi connectivity index (χ4n) is 1.29. The zero-order chi connectivity index (χ0) is 12.3. The van der Waals surface area contributed by atoms with Crippen LogP contribution in [0.4, 0.5) is 5.69 Å². The maximum atomic E-state index is 11.8. The summed E-state index contributed by atoms with van der Waals surface area (Å²) in [5, 5.41) is 3.71. The second kappa shape index (κ2) is 5.17. The van der Waals surface area contributed by atoms with Crippen LogP contribution >= 0.6 is 23.2 Å². The molecule has 0 saturated heterocycles. The number of halogens is 2. The van der Waals surface area contributed by atoms with Crippen molar-refractivity contribution in [2.45, 2.75) is 0 Å². The first-order chi connectivity index (χ1) is 8.15. The van der Waals surface area contributed by atoms with Gasteiger partial charge in [0.05, 0.1) is 0 Å². The molecule has 0 saturated carbocycles. The van der Waals surface area contributed by atoms with E-state index in [1.54, 1.807) is 30.3 Å². The largest absolute Gasteiger partial charge is 0.321 e. The number of anilines is 1. The highest BCUT2D eigenvalue weighted by Crippen LogP contribution is 2.16. The van der Waals surface area contributed by atoms with Crippen molar-refractivity contribution in [1.82, 2.24) is 4.98 Å². The molecule has 1 aromatic heterocycles. The number of carbonyl (C=O) groups excluding carboxylic acids is 1. The van der Waals surface area contributed by atoms with Crippen molar-refractivity contribution in [1.29, 1.82) is 0 Å². The van der Waals surface area contributed by atoms with Crippen LogP contribution in [0.15, 0.2) is 42.6 Å². The third-order valence-corrected chi connectivity index (χ3v) is 2.51. The number of benzene rings is 1. The summed E-state index contributed by atoms with van der Waals surface area (Å²) < 4.78 is 0. The van der Waals surface area contributed by atoms with Crippen molar-refractivity contribution in [2.24, 2.45) is 0 Å². The maximum Gasteiger partial charge on any atom is 0.274 e. The van der Waals surface area contributed by atoms with Crippen LogP contribution in [0.1, 0.15) is 10.5 Å². The summed E-state index contributed by atoms with van der Waals surface area (Å²) >= 11 is 11.6. The van der Waals surface area contributed by atoms with Crippen LogP contribution in [0.2, 0.25) is 10.0 Å². The first-order valence-corrected chi connectivity index (χ1v) is 5.59. The second-order valence-corrected chi connectivity index (χ2v) is 4.20. The van der Waals surface area contributed by atoms with Crippen LogP contribution in [-0.4, -0.2) is 10.9 Å². The van der Waals surface area contributed by atoms with Crippen LogP contribution in [0.5, 0.6) is 0 Å². The summed E-state index contributed by atoms with van der Waals surface area (Å²) in [6, 6.07) is 10.00. The van der Waals surface area contributed by atoms with E-state index in [4.69, 9.17) is 23.2 Å². The lowest BCUT2D eigenvalue weighted by molar-refractivity contribution is 0.102. The number of rotatable bonds is 2. The van der Waals surface area contributed by atoms with Crippen LogP contribution in [0, 0.1) is 0 Å². The van der Waals surface area contributed by atoms with Gasteiger partial charge in [-0.2, -0.15) is 0 Å². The molecule has 0 aliphatic carbocycles. The molecule has 1 N–H and O–H groups in total. The van der Waals surface area contributed by atoms with E-state index in [0.717, 1.165) is 0 Å². The molecule has 86 valence electrons. The molecule has 1 heterocycles. The normalized spacial score (nSPS) is 10.0. The molecule has 1 aromatic carbocycles. The molecule has 2 aromatic rings. The molecule has 2 rings (SSSR count). The molecular weight excluding hydrogens is 259 g/mol. The van der Waals surface area contributed by atoms with Crippen molar-refractivity contribution in [2.75, 3.05) is 5.32 Å². The Labute approximate surface area is 108 Å². The summed E-state index contributed by atoms with van der Waals surface area (Å²) in [7, 11) is 0. The summed E-state index contributed by atoms with van der Waals surface area (Å²) in [4.78, 5) is 15.7. The Kier molecular flexibility index (Phi) is 3.61. The third kappa shape index (κ3) is 3.19. The van der Waals surface area contributed by atoms with E-state index in [9.17, 15) is 4.79 Å². The first-order valence-electron chi connectivity index (χ1n) is 4.83.